The first-order valence-electron chi connectivity index (χ1n) is 10.8. The van der Waals surface area contributed by atoms with Gasteiger partial charge in [-0.1, -0.05) is 31.4 Å². The zero-order valence-corrected chi connectivity index (χ0v) is 17.9. The molecule has 0 spiro atoms. The number of rotatable bonds is 6. The van der Waals surface area contributed by atoms with Gasteiger partial charge < -0.3 is 15.4 Å². The Morgan fingerprint density at radius 1 is 1.11 bits per heavy atom. The maximum atomic E-state index is 12.7. The molecular formula is C23H35ClN2O2. The van der Waals surface area contributed by atoms with Gasteiger partial charge in [-0.2, -0.15) is 0 Å². The lowest BCUT2D eigenvalue weighted by molar-refractivity contribution is -0.122. The van der Waals surface area contributed by atoms with Crippen LogP contribution < -0.4 is 15.4 Å². The SMILES string of the molecule is COc1ccc(C2(CNC(=O)CC3CC4CCC(C3)N4)CCCCC2)cc1.Cl. The predicted octanol–water partition coefficient (Wildman–Crippen LogP) is 4.36. The maximum Gasteiger partial charge on any atom is 0.220 e. The van der Waals surface area contributed by atoms with E-state index in [1.807, 2.05) is 0 Å². The van der Waals surface area contributed by atoms with E-state index in [2.05, 4.69) is 34.9 Å². The average Bonchev–Trinajstić information content (AvgIpc) is 3.05. The maximum absolute atomic E-state index is 12.7. The van der Waals surface area contributed by atoms with Gasteiger partial charge in [-0.15, -0.1) is 12.4 Å². The molecule has 2 N–H and O–H groups in total. The molecule has 3 fully saturated rings. The standard InChI is InChI=1S/C23H34N2O2.ClH/c1-27-21-9-5-18(6-10-21)23(11-3-2-4-12-23)16-24-22(26)15-17-13-19-7-8-20(14-17)25-19;/h5-6,9-10,17,19-20,25H,2-4,7-8,11-16H2,1H3,(H,24,26);1H. The van der Waals surface area contributed by atoms with Gasteiger partial charge >= 0.3 is 0 Å². The van der Waals surface area contributed by atoms with E-state index in [9.17, 15) is 4.79 Å². The Morgan fingerprint density at radius 3 is 2.36 bits per heavy atom. The molecule has 5 heteroatoms. The van der Waals surface area contributed by atoms with Crippen molar-refractivity contribution in [3.8, 4) is 5.75 Å². The van der Waals surface area contributed by atoms with Crippen LogP contribution in [0.25, 0.3) is 0 Å². The molecule has 1 aromatic carbocycles. The number of piperidine rings is 1. The summed E-state index contributed by atoms with van der Waals surface area (Å²) in [4.78, 5) is 12.7. The third kappa shape index (κ3) is 4.83. The van der Waals surface area contributed by atoms with E-state index in [1.54, 1.807) is 7.11 Å². The number of hydrogen-bond donors (Lipinski definition) is 2. The van der Waals surface area contributed by atoms with E-state index in [4.69, 9.17) is 4.74 Å². The number of ether oxygens (including phenoxy) is 1. The van der Waals surface area contributed by atoms with Crippen molar-refractivity contribution in [1.29, 1.82) is 0 Å². The van der Waals surface area contributed by atoms with Crippen molar-refractivity contribution in [3.63, 3.8) is 0 Å². The summed E-state index contributed by atoms with van der Waals surface area (Å²) < 4.78 is 5.32. The van der Waals surface area contributed by atoms with E-state index in [0.717, 1.165) is 25.1 Å². The lowest BCUT2D eigenvalue weighted by Crippen LogP contribution is -2.44. The summed E-state index contributed by atoms with van der Waals surface area (Å²) in [5.74, 6) is 1.71. The quantitative estimate of drug-likeness (QED) is 0.738. The molecular weight excluding hydrogens is 372 g/mol. The van der Waals surface area contributed by atoms with Crippen molar-refractivity contribution in [2.75, 3.05) is 13.7 Å². The molecule has 3 aliphatic rings. The Hall–Kier alpha value is -1.26. The van der Waals surface area contributed by atoms with Gasteiger partial charge in [-0.25, -0.2) is 0 Å². The summed E-state index contributed by atoms with van der Waals surface area (Å²) in [5.41, 5.74) is 1.44. The number of benzene rings is 1. The average molecular weight is 407 g/mol. The fourth-order valence-corrected chi connectivity index (χ4v) is 5.68. The first-order valence-corrected chi connectivity index (χ1v) is 10.8. The van der Waals surface area contributed by atoms with Crippen molar-refractivity contribution in [1.82, 2.24) is 10.6 Å². The predicted molar refractivity (Wildman–Crippen MR) is 115 cm³/mol. The normalized spacial score (nSPS) is 28.2. The van der Waals surface area contributed by atoms with Crippen molar-refractivity contribution in [2.45, 2.75) is 81.7 Å². The van der Waals surface area contributed by atoms with Crippen molar-refractivity contribution < 1.29 is 9.53 Å². The van der Waals surface area contributed by atoms with Gasteiger partial charge in [-0.3, -0.25) is 4.79 Å². The summed E-state index contributed by atoms with van der Waals surface area (Å²) in [5, 5.41) is 7.00. The van der Waals surface area contributed by atoms with Gasteiger partial charge in [0.25, 0.3) is 0 Å². The third-order valence-electron chi connectivity index (χ3n) is 7.18. The van der Waals surface area contributed by atoms with Gasteiger partial charge in [0.15, 0.2) is 0 Å². The van der Waals surface area contributed by atoms with Crippen LogP contribution >= 0.6 is 12.4 Å². The Bertz CT molecular complexity index is 631. The summed E-state index contributed by atoms with van der Waals surface area (Å²) in [6, 6.07) is 9.81. The molecule has 4 nitrogen and oxygen atoms in total. The van der Waals surface area contributed by atoms with Gasteiger partial charge in [0.1, 0.15) is 5.75 Å². The molecule has 1 amide bonds. The van der Waals surface area contributed by atoms with Gasteiger partial charge in [-0.05, 0) is 62.1 Å². The molecule has 2 aliphatic heterocycles. The monoisotopic (exact) mass is 406 g/mol. The van der Waals surface area contributed by atoms with Gasteiger partial charge in [0.05, 0.1) is 7.11 Å². The molecule has 1 aromatic rings. The second kappa shape index (κ2) is 9.49. The topological polar surface area (TPSA) is 50.4 Å². The molecule has 1 saturated carbocycles. The van der Waals surface area contributed by atoms with E-state index in [-0.39, 0.29) is 23.7 Å². The van der Waals surface area contributed by atoms with Crippen LogP contribution in [0.2, 0.25) is 0 Å². The second-order valence-corrected chi connectivity index (χ2v) is 9.03. The molecule has 28 heavy (non-hydrogen) atoms. The fourth-order valence-electron chi connectivity index (χ4n) is 5.68. The van der Waals surface area contributed by atoms with Crippen LogP contribution in [0.5, 0.6) is 5.75 Å². The zero-order valence-electron chi connectivity index (χ0n) is 17.0. The van der Waals surface area contributed by atoms with E-state index >= 15 is 0 Å². The minimum Gasteiger partial charge on any atom is -0.497 e. The first-order chi connectivity index (χ1) is 13.2. The minimum atomic E-state index is 0. The molecule has 1 aliphatic carbocycles. The summed E-state index contributed by atoms with van der Waals surface area (Å²) in [6.45, 7) is 0.774. The smallest absolute Gasteiger partial charge is 0.220 e. The number of amides is 1. The summed E-state index contributed by atoms with van der Waals surface area (Å²) >= 11 is 0. The molecule has 2 atom stereocenters. The van der Waals surface area contributed by atoms with Crippen LogP contribution in [0, 0.1) is 5.92 Å². The first kappa shape index (κ1) is 21.4. The number of methoxy groups -OCH3 is 1. The molecule has 0 aromatic heterocycles. The Balaban J connectivity index is 0.00000225. The molecule has 2 bridgehead atoms. The number of fused-ring (bicyclic) bond motifs is 2. The van der Waals surface area contributed by atoms with Crippen molar-refractivity contribution in [2.24, 2.45) is 5.92 Å². The largest absolute Gasteiger partial charge is 0.497 e. The number of hydrogen-bond acceptors (Lipinski definition) is 3. The van der Waals surface area contributed by atoms with Crippen LogP contribution in [0.3, 0.4) is 0 Å². The number of nitrogens with one attached hydrogen (secondary N) is 2. The highest BCUT2D eigenvalue weighted by Gasteiger charge is 2.36. The molecule has 2 unspecified atom stereocenters. The van der Waals surface area contributed by atoms with Crippen molar-refractivity contribution >= 4 is 18.3 Å². The van der Waals surface area contributed by atoms with Gasteiger partial charge in [0.2, 0.25) is 5.91 Å². The van der Waals surface area contributed by atoms with E-state index in [0.29, 0.717) is 24.4 Å². The Morgan fingerprint density at radius 2 is 1.75 bits per heavy atom. The summed E-state index contributed by atoms with van der Waals surface area (Å²) in [7, 11) is 1.71. The molecule has 156 valence electrons. The van der Waals surface area contributed by atoms with Crippen molar-refractivity contribution in [3.05, 3.63) is 29.8 Å². The molecule has 2 saturated heterocycles. The summed E-state index contributed by atoms with van der Waals surface area (Å²) in [6.07, 6.45) is 11.8. The van der Waals surface area contributed by atoms with Crippen LogP contribution in [0.1, 0.15) is 69.8 Å². The Labute approximate surface area is 175 Å². The molecule has 0 radical (unpaired) electrons. The number of carbonyl (C=O) groups excluding carboxylic acids is 1. The number of halogens is 1. The second-order valence-electron chi connectivity index (χ2n) is 9.03. The Kier molecular flexibility index (Phi) is 7.27. The lowest BCUT2D eigenvalue weighted by atomic mass is 9.69. The fraction of sp³-hybridized carbons (Fsp3) is 0.696. The highest BCUT2D eigenvalue weighted by Crippen LogP contribution is 2.40. The highest BCUT2D eigenvalue weighted by atomic mass is 35.5. The molecule has 2 heterocycles. The zero-order chi connectivity index (χ0) is 18.7. The number of carbonyl (C=O) groups is 1. The molecule has 4 rings (SSSR count). The van der Waals surface area contributed by atoms with E-state index in [1.165, 1.54) is 50.5 Å². The highest BCUT2D eigenvalue weighted by molar-refractivity contribution is 5.85. The third-order valence-corrected chi connectivity index (χ3v) is 7.18. The minimum absolute atomic E-state index is 0. The van der Waals surface area contributed by atoms with Crippen LogP contribution in [-0.4, -0.2) is 31.6 Å². The van der Waals surface area contributed by atoms with E-state index < -0.39 is 0 Å². The van der Waals surface area contributed by atoms with Crippen LogP contribution in [-0.2, 0) is 10.2 Å². The van der Waals surface area contributed by atoms with Crippen LogP contribution in [0.4, 0.5) is 0 Å². The van der Waals surface area contributed by atoms with Crippen LogP contribution in [0.15, 0.2) is 24.3 Å². The lowest BCUT2D eigenvalue weighted by Gasteiger charge is -2.38. The van der Waals surface area contributed by atoms with Gasteiger partial charge in [0, 0.05) is 30.5 Å².